The Morgan fingerprint density at radius 2 is 2.47 bits per heavy atom. The molecule has 0 saturated carbocycles. The molecule has 0 aromatic carbocycles. The van der Waals surface area contributed by atoms with Gasteiger partial charge in [-0.2, -0.15) is 0 Å². The molecule has 3 nitrogen and oxygen atoms in total. The highest BCUT2D eigenvalue weighted by Gasteiger charge is 2.31. The molecule has 2 heterocycles. The summed E-state index contributed by atoms with van der Waals surface area (Å²) in [6.45, 7) is 4.23. The number of rotatable bonds is 4. The van der Waals surface area contributed by atoms with E-state index in [0.29, 0.717) is 11.0 Å². The fourth-order valence-corrected chi connectivity index (χ4v) is 3.80. The standard InChI is InChI=1S/C12H16O3S2/c1-12(2)4-3-8(15-12)6-16-9-5-10(11(13)14)17-7-9/h5,7-8H,3-4,6H2,1-2H3,(H,13,14). The smallest absolute Gasteiger partial charge is 0.345 e. The third-order valence-electron chi connectivity index (χ3n) is 2.78. The van der Waals surface area contributed by atoms with Crippen LogP contribution in [0.15, 0.2) is 16.3 Å². The lowest BCUT2D eigenvalue weighted by Gasteiger charge is -2.18. The molecule has 2 rings (SSSR count). The van der Waals surface area contributed by atoms with Gasteiger partial charge in [0.1, 0.15) is 4.88 Å². The molecule has 1 aliphatic heterocycles. The zero-order chi connectivity index (χ0) is 12.5. The third-order valence-corrected chi connectivity index (χ3v) is 4.95. The van der Waals surface area contributed by atoms with Crippen molar-refractivity contribution in [3.63, 3.8) is 0 Å². The highest BCUT2D eigenvalue weighted by atomic mass is 32.2. The summed E-state index contributed by atoms with van der Waals surface area (Å²) in [5.41, 5.74) is 0.00605. The maximum Gasteiger partial charge on any atom is 0.345 e. The van der Waals surface area contributed by atoms with E-state index in [2.05, 4.69) is 13.8 Å². The lowest BCUT2D eigenvalue weighted by Crippen LogP contribution is -2.20. The molecule has 0 radical (unpaired) electrons. The van der Waals surface area contributed by atoms with Crippen LogP contribution >= 0.6 is 23.1 Å². The van der Waals surface area contributed by atoms with E-state index in [1.165, 1.54) is 11.3 Å². The number of hydrogen-bond acceptors (Lipinski definition) is 4. The largest absolute Gasteiger partial charge is 0.477 e. The molecule has 1 aromatic rings. The lowest BCUT2D eigenvalue weighted by molar-refractivity contribution is -0.00466. The number of carbonyl (C=O) groups is 1. The molecule has 5 heteroatoms. The molecular weight excluding hydrogens is 256 g/mol. The fraction of sp³-hybridized carbons (Fsp3) is 0.583. The van der Waals surface area contributed by atoms with Gasteiger partial charge in [-0.15, -0.1) is 23.1 Å². The normalized spacial score (nSPS) is 22.8. The molecule has 0 spiro atoms. The van der Waals surface area contributed by atoms with E-state index in [4.69, 9.17) is 9.84 Å². The van der Waals surface area contributed by atoms with Crippen LogP contribution in [-0.2, 0) is 4.74 Å². The Kier molecular flexibility index (Phi) is 3.80. The van der Waals surface area contributed by atoms with Crippen molar-refractivity contribution >= 4 is 29.1 Å². The average Bonchev–Trinajstić information content (AvgIpc) is 2.81. The van der Waals surface area contributed by atoms with Crippen molar-refractivity contribution in [2.24, 2.45) is 0 Å². The first-order valence-corrected chi connectivity index (χ1v) is 7.45. The van der Waals surface area contributed by atoms with Crippen molar-refractivity contribution in [1.82, 2.24) is 0 Å². The number of aromatic carboxylic acids is 1. The summed E-state index contributed by atoms with van der Waals surface area (Å²) in [6, 6.07) is 1.73. The van der Waals surface area contributed by atoms with Gasteiger partial charge in [-0.05, 0) is 32.8 Å². The van der Waals surface area contributed by atoms with Crippen LogP contribution in [0.1, 0.15) is 36.4 Å². The second-order valence-electron chi connectivity index (χ2n) is 4.80. The van der Waals surface area contributed by atoms with Gasteiger partial charge in [0.05, 0.1) is 11.7 Å². The van der Waals surface area contributed by atoms with Crippen molar-refractivity contribution in [3.05, 3.63) is 16.3 Å². The highest BCUT2D eigenvalue weighted by Crippen LogP contribution is 2.33. The molecule has 0 amide bonds. The molecule has 1 saturated heterocycles. The number of ether oxygens (including phenoxy) is 1. The number of hydrogen-bond donors (Lipinski definition) is 1. The van der Waals surface area contributed by atoms with E-state index >= 15 is 0 Å². The van der Waals surface area contributed by atoms with Gasteiger partial charge in [0.15, 0.2) is 0 Å². The van der Waals surface area contributed by atoms with Crippen molar-refractivity contribution in [2.45, 2.75) is 43.3 Å². The Morgan fingerprint density at radius 1 is 1.71 bits per heavy atom. The van der Waals surface area contributed by atoms with Gasteiger partial charge in [-0.1, -0.05) is 0 Å². The van der Waals surface area contributed by atoms with Gasteiger partial charge >= 0.3 is 5.97 Å². The van der Waals surface area contributed by atoms with Gasteiger partial charge in [-0.3, -0.25) is 0 Å². The third kappa shape index (κ3) is 3.47. The van der Waals surface area contributed by atoms with E-state index < -0.39 is 5.97 Å². The summed E-state index contributed by atoms with van der Waals surface area (Å²) < 4.78 is 5.89. The molecule has 94 valence electrons. The van der Waals surface area contributed by atoms with Crippen LogP contribution in [0.3, 0.4) is 0 Å². The topological polar surface area (TPSA) is 46.5 Å². The van der Waals surface area contributed by atoms with Crippen LogP contribution in [0.4, 0.5) is 0 Å². The predicted octanol–water partition coefficient (Wildman–Crippen LogP) is 3.50. The van der Waals surface area contributed by atoms with Crippen molar-refractivity contribution in [3.8, 4) is 0 Å². The second kappa shape index (κ2) is 5.00. The summed E-state index contributed by atoms with van der Waals surface area (Å²) in [4.78, 5) is 12.2. The lowest BCUT2D eigenvalue weighted by atomic mass is 10.1. The summed E-state index contributed by atoms with van der Waals surface area (Å²) in [5, 5.41) is 10.7. The summed E-state index contributed by atoms with van der Waals surface area (Å²) in [7, 11) is 0. The van der Waals surface area contributed by atoms with E-state index in [9.17, 15) is 4.79 Å². The fourth-order valence-electron chi connectivity index (χ4n) is 1.89. The van der Waals surface area contributed by atoms with Gasteiger partial charge < -0.3 is 9.84 Å². The minimum atomic E-state index is -0.847. The van der Waals surface area contributed by atoms with Crippen LogP contribution in [0, 0.1) is 0 Å². The van der Waals surface area contributed by atoms with Crippen LogP contribution in [0.25, 0.3) is 0 Å². The minimum absolute atomic E-state index is 0.00605. The van der Waals surface area contributed by atoms with Crippen molar-refractivity contribution in [1.29, 1.82) is 0 Å². The number of carboxylic acid groups (broad SMARTS) is 1. The van der Waals surface area contributed by atoms with E-state index in [-0.39, 0.29) is 5.60 Å². The molecule has 1 N–H and O–H groups in total. The molecule has 0 aliphatic carbocycles. The Hall–Kier alpha value is -0.520. The first-order chi connectivity index (χ1) is 7.96. The zero-order valence-corrected chi connectivity index (χ0v) is 11.6. The molecule has 1 atom stereocenters. The van der Waals surface area contributed by atoms with Crippen LogP contribution in [-0.4, -0.2) is 28.5 Å². The Bertz CT molecular complexity index is 412. The van der Waals surface area contributed by atoms with Crippen molar-refractivity contribution < 1.29 is 14.6 Å². The molecule has 1 aliphatic rings. The maximum atomic E-state index is 10.7. The van der Waals surface area contributed by atoms with E-state index in [1.54, 1.807) is 17.8 Å². The zero-order valence-electron chi connectivity index (χ0n) is 9.93. The van der Waals surface area contributed by atoms with E-state index in [0.717, 1.165) is 23.5 Å². The van der Waals surface area contributed by atoms with Gasteiger partial charge in [-0.25, -0.2) is 4.79 Å². The van der Waals surface area contributed by atoms with E-state index in [1.807, 2.05) is 5.38 Å². The molecule has 0 bridgehead atoms. The Labute approximate surface area is 109 Å². The molecule has 1 fully saturated rings. The van der Waals surface area contributed by atoms with Gasteiger partial charge in [0.25, 0.3) is 0 Å². The average molecular weight is 272 g/mol. The molecule has 1 unspecified atom stereocenters. The van der Waals surface area contributed by atoms with Crippen LogP contribution < -0.4 is 0 Å². The monoisotopic (exact) mass is 272 g/mol. The highest BCUT2D eigenvalue weighted by molar-refractivity contribution is 7.99. The summed E-state index contributed by atoms with van der Waals surface area (Å²) >= 11 is 2.96. The quantitative estimate of drug-likeness (QED) is 0.852. The number of thioether (sulfide) groups is 1. The predicted molar refractivity (Wildman–Crippen MR) is 70.2 cm³/mol. The second-order valence-corrected chi connectivity index (χ2v) is 6.81. The number of thiophene rings is 1. The minimum Gasteiger partial charge on any atom is -0.477 e. The molecule has 1 aromatic heterocycles. The Morgan fingerprint density at radius 3 is 3.00 bits per heavy atom. The molecule has 17 heavy (non-hydrogen) atoms. The SMILES string of the molecule is CC1(C)CCC(CSc2csc(C(=O)O)c2)O1. The summed E-state index contributed by atoms with van der Waals surface area (Å²) in [5.74, 6) is 0.0549. The van der Waals surface area contributed by atoms with Gasteiger partial charge in [0, 0.05) is 16.0 Å². The molecular formula is C12H16O3S2. The first-order valence-electron chi connectivity index (χ1n) is 5.59. The van der Waals surface area contributed by atoms with Crippen LogP contribution in [0.2, 0.25) is 0 Å². The van der Waals surface area contributed by atoms with Gasteiger partial charge in [0.2, 0.25) is 0 Å². The van der Waals surface area contributed by atoms with Crippen LogP contribution in [0.5, 0.6) is 0 Å². The maximum absolute atomic E-state index is 10.7. The number of carboxylic acids is 1. The first kappa shape index (κ1) is 12.9. The summed E-state index contributed by atoms with van der Waals surface area (Å²) in [6.07, 6.45) is 2.49. The van der Waals surface area contributed by atoms with Crippen molar-refractivity contribution in [2.75, 3.05) is 5.75 Å². The Balaban J connectivity index is 1.84.